The molecular weight excluding hydrogens is 216 g/mol. The van der Waals surface area contributed by atoms with Crippen LogP contribution in [-0.4, -0.2) is 19.0 Å². The molecule has 1 aromatic rings. The van der Waals surface area contributed by atoms with Crippen LogP contribution in [0, 0.1) is 12.3 Å². The molecule has 0 aliphatic rings. The minimum atomic E-state index is -0.0722. The predicted octanol–water partition coefficient (Wildman–Crippen LogP) is 2.08. The van der Waals surface area contributed by atoms with Gasteiger partial charge in [-0.3, -0.25) is 4.79 Å². The van der Waals surface area contributed by atoms with Crippen molar-refractivity contribution in [1.29, 1.82) is 0 Å². The van der Waals surface area contributed by atoms with E-state index in [0.29, 0.717) is 24.4 Å². The van der Waals surface area contributed by atoms with Crippen molar-refractivity contribution in [2.45, 2.75) is 33.6 Å². The lowest BCUT2D eigenvalue weighted by Crippen LogP contribution is -2.34. The van der Waals surface area contributed by atoms with Gasteiger partial charge in [-0.25, -0.2) is 0 Å². The number of furan rings is 1. The van der Waals surface area contributed by atoms with Gasteiger partial charge in [0.1, 0.15) is 5.76 Å². The Morgan fingerprint density at radius 2 is 2.24 bits per heavy atom. The lowest BCUT2D eigenvalue weighted by molar-refractivity contribution is 0.0933. The molecule has 0 spiro atoms. The van der Waals surface area contributed by atoms with Crippen LogP contribution < -0.4 is 11.1 Å². The second kappa shape index (κ2) is 5.87. The van der Waals surface area contributed by atoms with E-state index in [1.807, 2.05) is 0 Å². The van der Waals surface area contributed by atoms with Crippen LogP contribution in [0.3, 0.4) is 0 Å². The summed E-state index contributed by atoms with van der Waals surface area (Å²) in [5.41, 5.74) is 6.18. The maximum absolute atomic E-state index is 11.9. The van der Waals surface area contributed by atoms with Gasteiger partial charge in [-0.15, -0.1) is 0 Å². The molecule has 1 amide bonds. The summed E-state index contributed by atoms with van der Waals surface area (Å²) >= 11 is 0. The van der Waals surface area contributed by atoms with Crippen LogP contribution in [0.25, 0.3) is 0 Å². The minimum absolute atomic E-state index is 0.0722. The Morgan fingerprint density at radius 1 is 1.53 bits per heavy atom. The minimum Gasteiger partial charge on any atom is -0.469 e. The standard InChI is InChI=1S/C13H22N2O2/c1-10-11(5-8-17-10)12(16)15-9-13(2,3)6-4-7-14/h5,8H,4,6-7,9,14H2,1-3H3,(H,15,16). The van der Waals surface area contributed by atoms with Gasteiger partial charge in [0.05, 0.1) is 11.8 Å². The van der Waals surface area contributed by atoms with Crippen molar-refractivity contribution < 1.29 is 9.21 Å². The van der Waals surface area contributed by atoms with Crippen molar-refractivity contribution in [3.63, 3.8) is 0 Å². The SMILES string of the molecule is Cc1occc1C(=O)NCC(C)(C)CCCN. The molecule has 1 aromatic heterocycles. The molecule has 0 aliphatic carbocycles. The van der Waals surface area contributed by atoms with E-state index in [4.69, 9.17) is 10.2 Å². The van der Waals surface area contributed by atoms with Crippen molar-refractivity contribution in [3.05, 3.63) is 23.7 Å². The Labute approximate surface area is 103 Å². The number of carbonyl (C=O) groups is 1. The molecule has 0 aromatic carbocycles. The van der Waals surface area contributed by atoms with Crippen molar-refractivity contribution >= 4 is 5.91 Å². The van der Waals surface area contributed by atoms with Gasteiger partial charge in [0.25, 0.3) is 5.91 Å². The first kappa shape index (κ1) is 13.8. The summed E-state index contributed by atoms with van der Waals surface area (Å²) in [6.45, 7) is 7.39. The highest BCUT2D eigenvalue weighted by Gasteiger charge is 2.19. The maximum Gasteiger partial charge on any atom is 0.254 e. The van der Waals surface area contributed by atoms with E-state index in [1.54, 1.807) is 13.0 Å². The monoisotopic (exact) mass is 238 g/mol. The molecule has 1 rings (SSSR count). The molecule has 0 fully saturated rings. The molecule has 0 saturated heterocycles. The van der Waals surface area contributed by atoms with Gasteiger partial charge in [0.2, 0.25) is 0 Å². The van der Waals surface area contributed by atoms with Crippen molar-refractivity contribution in [2.75, 3.05) is 13.1 Å². The molecule has 3 N–H and O–H groups in total. The molecule has 0 atom stereocenters. The van der Waals surface area contributed by atoms with Crippen LogP contribution >= 0.6 is 0 Å². The van der Waals surface area contributed by atoms with E-state index >= 15 is 0 Å². The number of aryl methyl sites for hydroxylation is 1. The maximum atomic E-state index is 11.9. The Bertz CT molecular complexity index is 369. The Hall–Kier alpha value is -1.29. The first-order chi connectivity index (χ1) is 7.96. The van der Waals surface area contributed by atoms with Crippen molar-refractivity contribution in [2.24, 2.45) is 11.1 Å². The van der Waals surface area contributed by atoms with Crippen LogP contribution in [0.15, 0.2) is 16.7 Å². The normalized spacial score (nSPS) is 11.5. The summed E-state index contributed by atoms with van der Waals surface area (Å²) in [6.07, 6.45) is 3.52. The molecule has 1 heterocycles. The third-order valence-corrected chi connectivity index (χ3v) is 2.89. The number of hydrogen-bond acceptors (Lipinski definition) is 3. The second-order valence-corrected chi connectivity index (χ2v) is 5.13. The fourth-order valence-corrected chi connectivity index (χ4v) is 1.70. The summed E-state index contributed by atoms with van der Waals surface area (Å²) in [5.74, 6) is 0.583. The van der Waals surface area contributed by atoms with Gasteiger partial charge in [-0.05, 0) is 37.8 Å². The third kappa shape index (κ3) is 4.23. The van der Waals surface area contributed by atoms with Crippen LogP contribution in [0.1, 0.15) is 42.8 Å². The summed E-state index contributed by atoms with van der Waals surface area (Å²) in [4.78, 5) is 11.9. The van der Waals surface area contributed by atoms with Gasteiger partial charge < -0.3 is 15.5 Å². The summed E-state index contributed by atoms with van der Waals surface area (Å²) in [7, 11) is 0. The Kier molecular flexibility index (Phi) is 4.75. The molecule has 4 nitrogen and oxygen atoms in total. The molecule has 17 heavy (non-hydrogen) atoms. The number of nitrogens with one attached hydrogen (secondary N) is 1. The van der Waals surface area contributed by atoms with Crippen LogP contribution in [0.4, 0.5) is 0 Å². The van der Waals surface area contributed by atoms with Gasteiger partial charge in [-0.1, -0.05) is 13.8 Å². The van der Waals surface area contributed by atoms with Gasteiger partial charge in [0.15, 0.2) is 0 Å². The molecular formula is C13H22N2O2. The van der Waals surface area contributed by atoms with E-state index in [0.717, 1.165) is 12.8 Å². The van der Waals surface area contributed by atoms with E-state index in [2.05, 4.69) is 19.2 Å². The van der Waals surface area contributed by atoms with Crippen molar-refractivity contribution in [1.82, 2.24) is 5.32 Å². The average molecular weight is 238 g/mol. The van der Waals surface area contributed by atoms with Gasteiger partial charge in [-0.2, -0.15) is 0 Å². The molecule has 4 heteroatoms. The zero-order valence-corrected chi connectivity index (χ0v) is 10.9. The van der Waals surface area contributed by atoms with Gasteiger partial charge in [0, 0.05) is 6.54 Å². The molecule has 0 unspecified atom stereocenters. The smallest absolute Gasteiger partial charge is 0.254 e. The number of carbonyl (C=O) groups excluding carboxylic acids is 1. The quantitative estimate of drug-likeness (QED) is 0.797. The van der Waals surface area contributed by atoms with Crippen LogP contribution in [-0.2, 0) is 0 Å². The second-order valence-electron chi connectivity index (χ2n) is 5.13. The Morgan fingerprint density at radius 3 is 2.76 bits per heavy atom. The third-order valence-electron chi connectivity index (χ3n) is 2.89. The predicted molar refractivity (Wildman–Crippen MR) is 67.8 cm³/mol. The highest BCUT2D eigenvalue weighted by atomic mass is 16.3. The van der Waals surface area contributed by atoms with Gasteiger partial charge >= 0.3 is 0 Å². The number of rotatable bonds is 6. The zero-order valence-electron chi connectivity index (χ0n) is 10.9. The lowest BCUT2D eigenvalue weighted by atomic mass is 9.87. The van der Waals surface area contributed by atoms with E-state index in [1.165, 1.54) is 6.26 Å². The Balaban J connectivity index is 2.45. The first-order valence-electron chi connectivity index (χ1n) is 5.98. The van der Waals surface area contributed by atoms with Crippen LogP contribution in [0.2, 0.25) is 0 Å². The fraction of sp³-hybridized carbons (Fsp3) is 0.615. The molecule has 0 saturated carbocycles. The van der Waals surface area contributed by atoms with Crippen molar-refractivity contribution in [3.8, 4) is 0 Å². The lowest BCUT2D eigenvalue weighted by Gasteiger charge is -2.24. The summed E-state index contributed by atoms with van der Waals surface area (Å²) in [6, 6.07) is 1.69. The van der Waals surface area contributed by atoms with E-state index in [-0.39, 0.29) is 11.3 Å². The zero-order chi connectivity index (χ0) is 12.9. The van der Waals surface area contributed by atoms with E-state index < -0.39 is 0 Å². The van der Waals surface area contributed by atoms with E-state index in [9.17, 15) is 4.79 Å². The van der Waals surface area contributed by atoms with Crippen LogP contribution in [0.5, 0.6) is 0 Å². The fourth-order valence-electron chi connectivity index (χ4n) is 1.70. The summed E-state index contributed by atoms with van der Waals surface area (Å²) in [5, 5.41) is 2.94. The number of amides is 1. The highest BCUT2D eigenvalue weighted by Crippen LogP contribution is 2.21. The molecule has 0 bridgehead atoms. The first-order valence-corrected chi connectivity index (χ1v) is 5.98. The molecule has 0 aliphatic heterocycles. The number of hydrogen-bond donors (Lipinski definition) is 2. The largest absolute Gasteiger partial charge is 0.469 e. The average Bonchev–Trinajstić information content (AvgIpc) is 2.70. The highest BCUT2D eigenvalue weighted by molar-refractivity contribution is 5.95. The number of nitrogens with two attached hydrogens (primary N) is 1. The molecule has 0 radical (unpaired) electrons. The summed E-state index contributed by atoms with van der Waals surface area (Å²) < 4.78 is 5.11. The topological polar surface area (TPSA) is 68.3 Å². The molecule has 96 valence electrons.